The SMILES string of the molecule is Cc1ccc2cc(C#N)c(Nc3cccc(C)c3C)nc2c1. The fraction of sp³-hybridized carbons (Fsp3) is 0.158. The second-order valence-corrected chi connectivity index (χ2v) is 5.56. The molecule has 0 amide bonds. The third kappa shape index (κ3) is 2.51. The minimum absolute atomic E-state index is 0.553. The number of rotatable bonds is 2. The third-order valence-electron chi connectivity index (χ3n) is 3.95. The van der Waals surface area contributed by atoms with Crippen molar-refractivity contribution < 1.29 is 0 Å². The van der Waals surface area contributed by atoms with Gasteiger partial charge < -0.3 is 5.32 Å². The summed E-state index contributed by atoms with van der Waals surface area (Å²) in [6.07, 6.45) is 0. The summed E-state index contributed by atoms with van der Waals surface area (Å²) >= 11 is 0. The van der Waals surface area contributed by atoms with Crippen molar-refractivity contribution in [1.29, 1.82) is 5.26 Å². The second-order valence-electron chi connectivity index (χ2n) is 5.56. The van der Waals surface area contributed by atoms with Crippen LogP contribution >= 0.6 is 0 Å². The third-order valence-corrected chi connectivity index (χ3v) is 3.95. The lowest BCUT2D eigenvalue weighted by molar-refractivity contribution is 1.29. The van der Waals surface area contributed by atoms with Gasteiger partial charge in [-0.3, -0.25) is 0 Å². The number of nitrogens with zero attached hydrogens (tertiary/aromatic N) is 2. The van der Waals surface area contributed by atoms with Crippen LogP contribution < -0.4 is 5.32 Å². The molecule has 0 atom stereocenters. The molecule has 1 aromatic heterocycles. The molecular formula is C19H17N3. The highest BCUT2D eigenvalue weighted by Crippen LogP contribution is 2.26. The predicted molar refractivity (Wildman–Crippen MR) is 90.4 cm³/mol. The normalized spacial score (nSPS) is 10.5. The van der Waals surface area contributed by atoms with Gasteiger partial charge in [-0.05, 0) is 55.7 Å². The van der Waals surface area contributed by atoms with Crippen molar-refractivity contribution in [2.75, 3.05) is 5.32 Å². The fourth-order valence-corrected chi connectivity index (χ4v) is 2.47. The summed E-state index contributed by atoms with van der Waals surface area (Å²) in [6.45, 7) is 6.18. The number of hydrogen-bond acceptors (Lipinski definition) is 3. The van der Waals surface area contributed by atoms with E-state index in [0.29, 0.717) is 11.4 Å². The van der Waals surface area contributed by atoms with E-state index in [2.05, 4.69) is 36.3 Å². The van der Waals surface area contributed by atoms with E-state index >= 15 is 0 Å². The molecule has 108 valence electrons. The highest BCUT2D eigenvalue weighted by Gasteiger charge is 2.09. The Morgan fingerprint density at radius 3 is 2.64 bits per heavy atom. The van der Waals surface area contributed by atoms with Crippen LogP contribution in [0.2, 0.25) is 0 Å². The van der Waals surface area contributed by atoms with Gasteiger partial charge in [-0.25, -0.2) is 4.98 Å². The molecule has 1 heterocycles. The van der Waals surface area contributed by atoms with E-state index in [1.165, 1.54) is 5.56 Å². The molecule has 0 aliphatic rings. The highest BCUT2D eigenvalue weighted by atomic mass is 15.0. The predicted octanol–water partition coefficient (Wildman–Crippen LogP) is 4.78. The Morgan fingerprint density at radius 1 is 1.05 bits per heavy atom. The van der Waals surface area contributed by atoms with Gasteiger partial charge in [0.25, 0.3) is 0 Å². The van der Waals surface area contributed by atoms with Gasteiger partial charge in [-0.15, -0.1) is 0 Å². The Bertz CT molecular complexity index is 904. The summed E-state index contributed by atoms with van der Waals surface area (Å²) in [7, 11) is 0. The van der Waals surface area contributed by atoms with E-state index in [0.717, 1.165) is 27.7 Å². The van der Waals surface area contributed by atoms with Gasteiger partial charge in [0.2, 0.25) is 0 Å². The lowest BCUT2D eigenvalue weighted by Crippen LogP contribution is -2.00. The van der Waals surface area contributed by atoms with Crippen molar-refractivity contribution in [2.24, 2.45) is 0 Å². The molecule has 2 aromatic carbocycles. The van der Waals surface area contributed by atoms with Crippen LogP contribution in [0.3, 0.4) is 0 Å². The van der Waals surface area contributed by atoms with Crippen LogP contribution in [-0.2, 0) is 0 Å². The highest BCUT2D eigenvalue weighted by molar-refractivity contribution is 5.84. The molecule has 0 saturated heterocycles. The van der Waals surface area contributed by atoms with Gasteiger partial charge in [-0.2, -0.15) is 5.26 Å². The summed E-state index contributed by atoms with van der Waals surface area (Å²) in [5.74, 6) is 0.606. The van der Waals surface area contributed by atoms with Crippen molar-refractivity contribution in [2.45, 2.75) is 20.8 Å². The van der Waals surface area contributed by atoms with Gasteiger partial charge in [0.05, 0.1) is 11.1 Å². The van der Waals surface area contributed by atoms with Crippen molar-refractivity contribution in [1.82, 2.24) is 4.98 Å². The molecule has 1 N–H and O–H groups in total. The summed E-state index contributed by atoms with van der Waals surface area (Å²) in [5, 5.41) is 13.7. The summed E-state index contributed by atoms with van der Waals surface area (Å²) in [6, 6.07) is 16.3. The van der Waals surface area contributed by atoms with Gasteiger partial charge in [-0.1, -0.05) is 24.3 Å². The van der Waals surface area contributed by atoms with E-state index in [9.17, 15) is 5.26 Å². The number of aryl methyl sites for hydroxylation is 2. The van der Waals surface area contributed by atoms with Gasteiger partial charge in [0, 0.05) is 11.1 Å². The zero-order valence-corrected chi connectivity index (χ0v) is 12.9. The van der Waals surface area contributed by atoms with E-state index in [1.807, 2.05) is 43.3 Å². The minimum Gasteiger partial charge on any atom is -0.339 e. The summed E-state index contributed by atoms with van der Waals surface area (Å²) in [5.41, 5.74) is 5.96. The van der Waals surface area contributed by atoms with E-state index in [1.54, 1.807) is 0 Å². The van der Waals surface area contributed by atoms with Crippen LogP contribution in [0.15, 0.2) is 42.5 Å². The van der Waals surface area contributed by atoms with E-state index in [-0.39, 0.29) is 0 Å². The molecule has 3 heteroatoms. The van der Waals surface area contributed by atoms with Crippen LogP contribution in [0.1, 0.15) is 22.3 Å². The summed E-state index contributed by atoms with van der Waals surface area (Å²) in [4.78, 5) is 4.64. The number of nitrogens with one attached hydrogen (secondary N) is 1. The summed E-state index contributed by atoms with van der Waals surface area (Å²) < 4.78 is 0. The molecule has 0 radical (unpaired) electrons. The first kappa shape index (κ1) is 14.1. The Kier molecular flexibility index (Phi) is 3.52. The number of hydrogen-bond donors (Lipinski definition) is 1. The number of nitriles is 1. The van der Waals surface area contributed by atoms with Crippen LogP contribution in [0.4, 0.5) is 11.5 Å². The van der Waals surface area contributed by atoms with Crippen molar-refractivity contribution in [3.05, 3.63) is 64.7 Å². The fourth-order valence-electron chi connectivity index (χ4n) is 2.47. The van der Waals surface area contributed by atoms with Crippen molar-refractivity contribution in [3.8, 4) is 6.07 Å². The zero-order valence-electron chi connectivity index (χ0n) is 12.9. The number of aromatic nitrogens is 1. The van der Waals surface area contributed by atoms with Gasteiger partial charge in [0.1, 0.15) is 11.9 Å². The molecule has 0 aliphatic heterocycles. The van der Waals surface area contributed by atoms with E-state index < -0.39 is 0 Å². The average Bonchev–Trinajstić information content (AvgIpc) is 2.51. The topological polar surface area (TPSA) is 48.7 Å². The number of benzene rings is 2. The van der Waals surface area contributed by atoms with Gasteiger partial charge in [0.15, 0.2) is 0 Å². The maximum Gasteiger partial charge on any atom is 0.149 e. The molecule has 0 bridgehead atoms. The quantitative estimate of drug-likeness (QED) is 0.738. The molecule has 3 nitrogen and oxygen atoms in total. The smallest absolute Gasteiger partial charge is 0.149 e. The number of fused-ring (bicyclic) bond motifs is 1. The number of anilines is 2. The van der Waals surface area contributed by atoms with Crippen LogP contribution in [0.25, 0.3) is 10.9 Å². The van der Waals surface area contributed by atoms with E-state index in [4.69, 9.17) is 0 Å². The monoisotopic (exact) mass is 287 g/mol. The van der Waals surface area contributed by atoms with Crippen LogP contribution in [0, 0.1) is 32.1 Å². The van der Waals surface area contributed by atoms with Crippen LogP contribution in [-0.4, -0.2) is 4.98 Å². The lowest BCUT2D eigenvalue weighted by atomic mass is 10.1. The average molecular weight is 287 g/mol. The molecule has 22 heavy (non-hydrogen) atoms. The van der Waals surface area contributed by atoms with Gasteiger partial charge >= 0.3 is 0 Å². The lowest BCUT2D eigenvalue weighted by Gasteiger charge is -2.13. The molecule has 3 rings (SSSR count). The largest absolute Gasteiger partial charge is 0.339 e. The van der Waals surface area contributed by atoms with Crippen LogP contribution in [0.5, 0.6) is 0 Å². The molecule has 0 fully saturated rings. The van der Waals surface area contributed by atoms with Crippen molar-refractivity contribution in [3.63, 3.8) is 0 Å². The Labute approximate surface area is 130 Å². The molecule has 0 saturated carbocycles. The first-order valence-corrected chi connectivity index (χ1v) is 7.23. The molecule has 0 spiro atoms. The molecule has 0 aliphatic carbocycles. The molecule has 3 aromatic rings. The first-order valence-electron chi connectivity index (χ1n) is 7.23. The Morgan fingerprint density at radius 2 is 1.86 bits per heavy atom. The Balaban J connectivity index is 2.13. The van der Waals surface area contributed by atoms with Crippen molar-refractivity contribution >= 4 is 22.4 Å². The standard InChI is InChI=1S/C19H17N3/c1-12-7-8-15-10-16(11-20)19(22-18(15)9-12)21-17-6-4-5-13(2)14(17)3/h4-10H,1-3H3,(H,21,22). The zero-order chi connectivity index (χ0) is 15.7. The Hall–Kier alpha value is -2.86. The number of pyridine rings is 1. The first-order chi connectivity index (χ1) is 10.6. The maximum atomic E-state index is 9.40. The second kappa shape index (κ2) is 5.50. The maximum absolute atomic E-state index is 9.40. The minimum atomic E-state index is 0.553. The molecular weight excluding hydrogens is 270 g/mol. The molecule has 0 unspecified atom stereocenters.